The van der Waals surface area contributed by atoms with Gasteiger partial charge < -0.3 is 19.5 Å². The van der Waals surface area contributed by atoms with Gasteiger partial charge in [-0.3, -0.25) is 9.10 Å². The summed E-state index contributed by atoms with van der Waals surface area (Å²) in [7, 11) is -0.347. The predicted octanol–water partition coefficient (Wildman–Crippen LogP) is 3.67. The summed E-state index contributed by atoms with van der Waals surface area (Å²) in [4.78, 5) is 12.8. The number of amides is 1. The Morgan fingerprint density at radius 2 is 1.76 bits per heavy atom. The van der Waals surface area contributed by atoms with Gasteiger partial charge in [-0.05, 0) is 62.7 Å². The van der Waals surface area contributed by atoms with E-state index in [1.807, 2.05) is 32.0 Å². The van der Waals surface area contributed by atoms with Gasteiger partial charge >= 0.3 is 0 Å². The Bertz CT molecular complexity index is 1080. The van der Waals surface area contributed by atoms with E-state index >= 15 is 0 Å². The maximum absolute atomic E-state index is 12.8. The van der Waals surface area contributed by atoms with Crippen LogP contribution in [-0.2, 0) is 14.8 Å². The second kappa shape index (κ2) is 9.91. The summed E-state index contributed by atoms with van der Waals surface area (Å²) >= 11 is 0. The van der Waals surface area contributed by atoms with Gasteiger partial charge in [0.1, 0.15) is 22.8 Å². The molecule has 1 amide bonds. The number of rotatable bonds is 9. The Kier molecular flexibility index (Phi) is 7.41. The van der Waals surface area contributed by atoms with E-state index in [0.29, 0.717) is 30.0 Å². The highest BCUT2D eigenvalue weighted by molar-refractivity contribution is 7.92. The van der Waals surface area contributed by atoms with Crippen LogP contribution in [0.4, 0.5) is 5.69 Å². The minimum absolute atomic E-state index is 0.144. The fourth-order valence-electron chi connectivity index (χ4n) is 3.97. The molecule has 8 nitrogen and oxygen atoms in total. The molecule has 1 aliphatic rings. The first-order valence-electron chi connectivity index (χ1n) is 10.8. The quantitative estimate of drug-likeness (QED) is 0.594. The number of nitrogens with zero attached hydrogens (tertiary/aromatic N) is 1. The van der Waals surface area contributed by atoms with Gasteiger partial charge in [-0.15, -0.1) is 0 Å². The molecular formula is C24H32N2O6S. The highest BCUT2D eigenvalue weighted by Crippen LogP contribution is 2.41. The van der Waals surface area contributed by atoms with Crippen LogP contribution < -0.4 is 23.8 Å². The average molecular weight is 477 g/mol. The van der Waals surface area contributed by atoms with Crippen LogP contribution in [0.3, 0.4) is 0 Å². The minimum atomic E-state index is -3.50. The fourth-order valence-corrected chi connectivity index (χ4v) is 4.94. The van der Waals surface area contributed by atoms with Gasteiger partial charge in [0.25, 0.3) is 0 Å². The topological polar surface area (TPSA) is 94.2 Å². The smallest absolute Gasteiger partial charge is 0.232 e. The first kappa shape index (κ1) is 24.7. The largest absolute Gasteiger partial charge is 0.497 e. The molecule has 1 N–H and O–H groups in total. The molecule has 0 unspecified atom stereocenters. The van der Waals surface area contributed by atoms with Crippen molar-refractivity contribution in [3.63, 3.8) is 0 Å². The number of sulfonamides is 1. The van der Waals surface area contributed by atoms with Crippen LogP contribution in [0.5, 0.6) is 17.2 Å². The Morgan fingerprint density at radius 1 is 1.12 bits per heavy atom. The predicted molar refractivity (Wildman–Crippen MR) is 128 cm³/mol. The molecule has 180 valence electrons. The molecule has 33 heavy (non-hydrogen) atoms. The van der Waals surface area contributed by atoms with E-state index in [0.717, 1.165) is 17.6 Å². The van der Waals surface area contributed by atoms with Crippen molar-refractivity contribution in [2.75, 3.05) is 31.3 Å². The Morgan fingerprint density at radius 3 is 2.36 bits per heavy atom. The van der Waals surface area contributed by atoms with E-state index in [-0.39, 0.29) is 24.9 Å². The number of fused-ring (bicyclic) bond motifs is 1. The SMILES string of the molecule is COc1ccc(N(CCCC(=O)N[C@@H]2CC(C)(C)Oc3ccc(OC)cc32)S(C)(=O)=O)cc1. The monoisotopic (exact) mass is 476 g/mol. The summed E-state index contributed by atoms with van der Waals surface area (Å²) in [5.41, 5.74) is 0.977. The number of carbonyl (C=O) groups excluding carboxylic acids is 1. The van der Waals surface area contributed by atoms with Gasteiger partial charge in [0.05, 0.1) is 32.2 Å². The molecule has 0 bridgehead atoms. The summed E-state index contributed by atoms with van der Waals surface area (Å²) in [6.45, 7) is 4.17. The molecule has 0 saturated carbocycles. The van der Waals surface area contributed by atoms with Crippen LogP contribution in [0, 0.1) is 0 Å². The average Bonchev–Trinajstić information content (AvgIpc) is 2.75. The summed E-state index contributed by atoms with van der Waals surface area (Å²) in [6.07, 6.45) is 2.34. The van der Waals surface area contributed by atoms with Crippen LogP contribution in [-0.4, -0.2) is 46.9 Å². The van der Waals surface area contributed by atoms with Gasteiger partial charge in [0.15, 0.2) is 0 Å². The van der Waals surface area contributed by atoms with Crippen LogP contribution in [0.1, 0.15) is 44.7 Å². The van der Waals surface area contributed by atoms with Gasteiger partial charge in [0.2, 0.25) is 15.9 Å². The van der Waals surface area contributed by atoms with Gasteiger partial charge in [0, 0.05) is 24.9 Å². The lowest BCUT2D eigenvalue weighted by Gasteiger charge is -2.38. The number of carbonyl (C=O) groups is 1. The number of ether oxygens (including phenoxy) is 3. The molecule has 0 spiro atoms. The highest BCUT2D eigenvalue weighted by atomic mass is 32.2. The van der Waals surface area contributed by atoms with Crippen molar-refractivity contribution >= 4 is 21.6 Å². The van der Waals surface area contributed by atoms with E-state index in [2.05, 4.69) is 5.32 Å². The molecule has 0 aromatic heterocycles. The number of nitrogens with one attached hydrogen (secondary N) is 1. The third kappa shape index (κ3) is 6.31. The molecule has 0 saturated heterocycles. The van der Waals surface area contributed by atoms with E-state index in [4.69, 9.17) is 14.2 Å². The van der Waals surface area contributed by atoms with E-state index in [9.17, 15) is 13.2 Å². The van der Waals surface area contributed by atoms with Gasteiger partial charge in [-0.25, -0.2) is 8.42 Å². The molecule has 0 radical (unpaired) electrons. The maximum Gasteiger partial charge on any atom is 0.232 e. The molecule has 1 atom stereocenters. The number of benzene rings is 2. The molecule has 1 aliphatic heterocycles. The molecular weight excluding hydrogens is 444 g/mol. The van der Waals surface area contributed by atoms with Gasteiger partial charge in [-0.1, -0.05) is 0 Å². The number of hydrogen-bond acceptors (Lipinski definition) is 6. The van der Waals surface area contributed by atoms with Crippen molar-refractivity contribution in [3.8, 4) is 17.2 Å². The van der Waals surface area contributed by atoms with E-state index in [1.54, 1.807) is 38.5 Å². The molecule has 9 heteroatoms. The zero-order chi connectivity index (χ0) is 24.2. The second-order valence-electron chi connectivity index (χ2n) is 8.73. The minimum Gasteiger partial charge on any atom is -0.497 e. The van der Waals surface area contributed by atoms with Crippen molar-refractivity contribution in [2.45, 2.75) is 44.8 Å². The molecule has 3 rings (SSSR count). The summed E-state index contributed by atoms with van der Waals surface area (Å²) in [5.74, 6) is 1.91. The lowest BCUT2D eigenvalue weighted by Crippen LogP contribution is -2.41. The van der Waals surface area contributed by atoms with E-state index < -0.39 is 15.6 Å². The standard InChI is InChI=1S/C24H32N2O6S/c1-24(2)16-21(20-15-19(31-4)12-13-22(20)32-24)25-23(27)7-6-14-26(33(5,28)29)17-8-10-18(30-3)11-9-17/h8-13,15,21H,6-7,14,16H2,1-5H3,(H,25,27)/t21-/m1/s1. The lowest BCUT2D eigenvalue weighted by molar-refractivity contribution is -0.122. The van der Waals surface area contributed by atoms with Crippen molar-refractivity contribution in [3.05, 3.63) is 48.0 Å². The van der Waals surface area contributed by atoms with Crippen molar-refractivity contribution < 1.29 is 27.4 Å². The fraction of sp³-hybridized carbons (Fsp3) is 0.458. The highest BCUT2D eigenvalue weighted by Gasteiger charge is 2.34. The second-order valence-corrected chi connectivity index (χ2v) is 10.6. The summed E-state index contributed by atoms with van der Waals surface area (Å²) < 4.78 is 42.5. The maximum atomic E-state index is 12.8. The van der Waals surface area contributed by atoms with Crippen molar-refractivity contribution in [2.24, 2.45) is 0 Å². The Balaban J connectivity index is 1.65. The van der Waals surface area contributed by atoms with Crippen molar-refractivity contribution in [1.82, 2.24) is 5.32 Å². The number of hydrogen-bond donors (Lipinski definition) is 1. The Labute approximate surface area is 195 Å². The number of anilines is 1. The molecule has 0 aliphatic carbocycles. The van der Waals surface area contributed by atoms with Crippen LogP contribution in [0.2, 0.25) is 0 Å². The Hall–Kier alpha value is -2.94. The molecule has 1 heterocycles. The lowest BCUT2D eigenvalue weighted by atomic mass is 9.89. The number of methoxy groups -OCH3 is 2. The zero-order valence-corrected chi connectivity index (χ0v) is 20.6. The van der Waals surface area contributed by atoms with Crippen molar-refractivity contribution in [1.29, 1.82) is 0 Å². The molecule has 2 aromatic rings. The summed E-state index contributed by atoms with van der Waals surface area (Å²) in [5, 5.41) is 3.09. The van der Waals surface area contributed by atoms with Gasteiger partial charge in [-0.2, -0.15) is 0 Å². The third-order valence-electron chi connectivity index (χ3n) is 5.54. The third-order valence-corrected chi connectivity index (χ3v) is 6.73. The molecule has 2 aromatic carbocycles. The molecule has 0 fully saturated rings. The normalized spacial score (nSPS) is 16.8. The van der Waals surface area contributed by atoms with E-state index in [1.165, 1.54) is 4.31 Å². The first-order chi connectivity index (χ1) is 15.5. The van der Waals surface area contributed by atoms with Crippen LogP contribution >= 0.6 is 0 Å². The zero-order valence-electron chi connectivity index (χ0n) is 19.8. The van der Waals surface area contributed by atoms with Crippen LogP contribution in [0.25, 0.3) is 0 Å². The summed E-state index contributed by atoms with van der Waals surface area (Å²) in [6, 6.07) is 12.1. The van der Waals surface area contributed by atoms with Crippen LogP contribution in [0.15, 0.2) is 42.5 Å². The first-order valence-corrected chi connectivity index (χ1v) is 12.7.